The van der Waals surface area contributed by atoms with Crippen LogP contribution in [0.3, 0.4) is 0 Å². The van der Waals surface area contributed by atoms with Crippen LogP contribution in [0.2, 0.25) is 0 Å². The van der Waals surface area contributed by atoms with Gasteiger partial charge in [-0.05, 0) is 55.7 Å². The summed E-state index contributed by atoms with van der Waals surface area (Å²) < 4.78 is 5.88. The maximum atomic E-state index is 12.6. The van der Waals surface area contributed by atoms with Gasteiger partial charge in [-0.15, -0.1) is 0 Å². The van der Waals surface area contributed by atoms with E-state index in [9.17, 15) is 9.59 Å². The van der Waals surface area contributed by atoms with Crippen LogP contribution in [0.25, 0.3) is 0 Å². The van der Waals surface area contributed by atoms with E-state index in [0.29, 0.717) is 18.5 Å². The number of anilines is 2. The quantitative estimate of drug-likeness (QED) is 0.857. The van der Waals surface area contributed by atoms with Crippen molar-refractivity contribution < 1.29 is 14.3 Å². The van der Waals surface area contributed by atoms with Crippen LogP contribution in [-0.2, 0) is 9.59 Å². The van der Waals surface area contributed by atoms with Gasteiger partial charge in [-0.1, -0.05) is 25.1 Å². The molecule has 136 valence electrons. The number of benzene rings is 2. The first-order valence-corrected chi connectivity index (χ1v) is 9.02. The van der Waals surface area contributed by atoms with E-state index in [2.05, 4.69) is 5.32 Å². The summed E-state index contributed by atoms with van der Waals surface area (Å²) in [5.41, 5.74) is 2.56. The van der Waals surface area contributed by atoms with Crippen molar-refractivity contribution in [2.45, 2.75) is 39.2 Å². The highest BCUT2D eigenvalue weighted by molar-refractivity contribution is 5.97. The van der Waals surface area contributed by atoms with Crippen LogP contribution in [0.15, 0.2) is 48.5 Å². The second-order valence-corrected chi connectivity index (χ2v) is 6.47. The fourth-order valence-electron chi connectivity index (χ4n) is 3.03. The lowest BCUT2D eigenvalue weighted by atomic mass is 10.2. The predicted molar refractivity (Wildman–Crippen MR) is 103 cm³/mol. The van der Waals surface area contributed by atoms with Crippen LogP contribution in [-0.4, -0.2) is 24.5 Å². The predicted octanol–water partition coefficient (Wildman–Crippen LogP) is 3.92. The van der Waals surface area contributed by atoms with Gasteiger partial charge in [0.15, 0.2) is 6.10 Å². The number of hydrogen-bond acceptors (Lipinski definition) is 3. The molecule has 3 rings (SSSR count). The third kappa shape index (κ3) is 4.04. The summed E-state index contributed by atoms with van der Waals surface area (Å²) in [6.45, 7) is 4.63. The molecular weight excluding hydrogens is 328 g/mol. The molecule has 2 aromatic carbocycles. The molecule has 0 spiro atoms. The zero-order chi connectivity index (χ0) is 18.5. The van der Waals surface area contributed by atoms with Gasteiger partial charge in [-0.3, -0.25) is 9.59 Å². The third-order valence-corrected chi connectivity index (χ3v) is 4.55. The van der Waals surface area contributed by atoms with Crippen LogP contribution >= 0.6 is 0 Å². The van der Waals surface area contributed by atoms with Crippen LogP contribution in [0, 0.1) is 6.92 Å². The molecule has 1 N–H and O–H groups in total. The molecule has 26 heavy (non-hydrogen) atoms. The number of ether oxygens (including phenoxy) is 1. The largest absolute Gasteiger partial charge is 0.480 e. The Morgan fingerprint density at radius 1 is 1.19 bits per heavy atom. The van der Waals surface area contributed by atoms with Crippen LogP contribution < -0.4 is 15.0 Å². The Kier molecular flexibility index (Phi) is 5.56. The molecule has 0 aromatic heterocycles. The Labute approximate surface area is 154 Å². The highest BCUT2D eigenvalue weighted by atomic mass is 16.5. The molecule has 0 radical (unpaired) electrons. The lowest BCUT2D eigenvalue weighted by Crippen LogP contribution is -2.32. The number of aryl methyl sites for hydroxylation is 1. The molecule has 5 heteroatoms. The standard InChI is InChI=1S/C21H24N2O3/c1-3-18(26-19-8-5-4-7-15(19)2)21(25)22-16-10-12-17(13-11-16)23-14-6-9-20(23)24/h4-5,7-8,10-13,18H,3,6,9,14H2,1-2H3,(H,22,25)/t18-/m0/s1. The van der Waals surface area contributed by atoms with E-state index in [1.165, 1.54) is 0 Å². The van der Waals surface area contributed by atoms with Gasteiger partial charge in [-0.25, -0.2) is 0 Å². The molecule has 1 aliphatic heterocycles. The Morgan fingerprint density at radius 2 is 1.92 bits per heavy atom. The molecular formula is C21H24N2O3. The molecule has 1 saturated heterocycles. The number of carbonyl (C=O) groups excluding carboxylic acids is 2. The molecule has 1 fully saturated rings. The third-order valence-electron chi connectivity index (χ3n) is 4.55. The molecule has 1 aliphatic rings. The van der Waals surface area contributed by atoms with Crippen LogP contribution in [0.5, 0.6) is 5.75 Å². The SMILES string of the molecule is CC[C@H](Oc1ccccc1C)C(=O)Nc1ccc(N2CCCC2=O)cc1. The number of hydrogen-bond donors (Lipinski definition) is 1. The fraction of sp³-hybridized carbons (Fsp3) is 0.333. The van der Waals surface area contributed by atoms with Crippen molar-refractivity contribution in [1.82, 2.24) is 0 Å². The van der Waals surface area contributed by atoms with Crippen LogP contribution in [0.1, 0.15) is 31.7 Å². The molecule has 2 aromatic rings. The molecule has 2 amide bonds. The van der Waals surface area contributed by atoms with Crippen molar-refractivity contribution >= 4 is 23.2 Å². The summed E-state index contributed by atoms with van der Waals surface area (Å²) in [5.74, 6) is 0.692. The summed E-state index contributed by atoms with van der Waals surface area (Å²) >= 11 is 0. The van der Waals surface area contributed by atoms with Gasteiger partial charge in [0.25, 0.3) is 5.91 Å². The average molecular weight is 352 g/mol. The summed E-state index contributed by atoms with van der Waals surface area (Å²) in [5, 5.41) is 2.89. The minimum Gasteiger partial charge on any atom is -0.480 e. The van der Waals surface area contributed by atoms with Crippen molar-refractivity contribution in [3.8, 4) is 5.75 Å². The van der Waals surface area contributed by atoms with E-state index in [0.717, 1.165) is 30.0 Å². The summed E-state index contributed by atoms with van der Waals surface area (Å²) in [6, 6.07) is 15.0. The van der Waals surface area contributed by atoms with Gasteiger partial charge in [0, 0.05) is 24.3 Å². The molecule has 0 unspecified atom stereocenters. The highest BCUT2D eigenvalue weighted by Crippen LogP contribution is 2.24. The lowest BCUT2D eigenvalue weighted by Gasteiger charge is -2.19. The van der Waals surface area contributed by atoms with Gasteiger partial charge in [0.2, 0.25) is 5.91 Å². The minimum absolute atomic E-state index is 0.152. The van der Waals surface area contributed by atoms with Crippen molar-refractivity contribution in [1.29, 1.82) is 0 Å². The van der Waals surface area contributed by atoms with Crippen LogP contribution in [0.4, 0.5) is 11.4 Å². The van der Waals surface area contributed by atoms with Crippen molar-refractivity contribution in [2.75, 3.05) is 16.8 Å². The monoisotopic (exact) mass is 352 g/mol. The molecule has 1 heterocycles. The maximum Gasteiger partial charge on any atom is 0.265 e. The number of para-hydroxylation sites is 1. The van der Waals surface area contributed by atoms with Crippen molar-refractivity contribution in [3.05, 3.63) is 54.1 Å². The summed E-state index contributed by atoms with van der Waals surface area (Å²) in [6.07, 6.45) is 1.51. The Morgan fingerprint density at radius 3 is 2.54 bits per heavy atom. The topological polar surface area (TPSA) is 58.6 Å². The minimum atomic E-state index is -0.559. The Balaban J connectivity index is 1.64. The van der Waals surface area contributed by atoms with Crippen molar-refractivity contribution in [2.24, 2.45) is 0 Å². The van der Waals surface area contributed by atoms with E-state index in [1.807, 2.05) is 62.4 Å². The fourth-order valence-corrected chi connectivity index (χ4v) is 3.03. The number of nitrogens with zero attached hydrogens (tertiary/aromatic N) is 1. The molecule has 5 nitrogen and oxygen atoms in total. The van der Waals surface area contributed by atoms with Gasteiger partial charge < -0.3 is 15.0 Å². The first-order chi connectivity index (χ1) is 12.6. The van der Waals surface area contributed by atoms with E-state index >= 15 is 0 Å². The van der Waals surface area contributed by atoms with E-state index in [-0.39, 0.29) is 11.8 Å². The van der Waals surface area contributed by atoms with E-state index < -0.39 is 6.10 Å². The van der Waals surface area contributed by atoms with Gasteiger partial charge in [0.05, 0.1) is 0 Å². The first-order valence-electron chi connectivity index (χ1n) is 9.02. The maximum absolute atomic E-state index is 12.6. The Bertz CT molecular complexity index is 786. The molecule has 1 atom stereocenters. The van der Waals surface area contributed by atoms with Gasteiger partial charge >= 0.3 is 0 Å². The second kappa shape index (κ2) is 8.04. The molecule has 0 bridgehead atoms. The van der Waals surface area contributed by atoms with Crippen molar-refractivity contribution in [3.63, 3.8) is 0 Å². The molecule has 0 aliphatic carbocycles. The molecule has 0 saturated carbocycles. The average Bonchev–Trinajstić information content (AvgIpc) is 3.07. The zero-order valence-corrected chi connectivity index (χ0v) is 15.2. The summed E-state index contributed by atoms with van der Waals surface area (Å²) in [4.78, 5) is 26.1. The number of rotatable bonds is 6. The van der Waals surface area contributed by atoms with Gasteiger partial charge in [0.1, 0.15) is 5.75 Å². The lowest BCUT2D eigenvalue weighted by molar-refractivity contribution is -0.122. The normalized spacial score (nSPS) is 15.0. The Hall–Kier alpha value is -2.82. The van der Waals surface area contributed by atoms with E-state index in [4.69, 9.17) is 4.74 Å². The summed E-state index contributed by atoms with van der Waals surface area (Å²) in [7, 11) is 0. The smallest absolute Gasteiger partial charge is 0.265 e. The number of nitrogens with one attached hydrogen (secondary N) is 1. The number of amides is 2. The first kappa shape index (κ1) is 18.0. The van der Waals surface area contributed by atoms with Gasteiger partial charge in [-0.2, -0.15) is 0 Å². The van der Waals surface area contributed by atoms with E-state index in [1.54, 1.807) is 4.90 Å². The highest BCUT2D eigenvalue weighted by Gasteiger charge is 2.22. The zero-order valence-electron chi connectivity index (χ0n) is 15.2. The number of carbonyl (C=O) groups is 2. The second-order valence-electron chi connectivity index (χ2n) is 6.47.